The Morgan fingerprint density at radius 1 is 1.15 bits per heavy atom. The second kappa shape index (κ2) is 8.54. The number of nitrogens with two attached hydrogens (primary N) is 1. The number of rotatable bonds is 5. The van der Waals surface area contributed by atoms with Crippen LogP contribution >= 0.6 is 15.9 Å². The lowest BCUT2D eigenvalue weighted by Crippen LogP contribution is -2.08. The minimum absolute atomic E-state index is 0.238. The normalized spacial score (nSPS) is 10.9. The molecule has 0 saturated carbocycles. The van der Waals surface area contributed by atoms with Gasteiger partial charge in [-0.3, -0.25) is 4.79 Å². The summed E-state index contributed by atoms with van der Waals surface area (Å²) in [4.78, 5) is 16.3. The first-order chi connectivity index (χ1) is 16.5. The molecule has 0 spiro atoms. The van der Waals surface area contributed by atoms with Gasteiger partial charge in [0, 0.05) is 15.4 Å². The minimum Gasteiger partial charge on any atom is -0.456 e. The Bertz CT molecular complexity index is 1610. The van der Waals surface area contributed by atoms with Crippen LogP contribution in [0.15, 0.2) is 77.4 Å². The molecule has 5 rings (SSSR count). The van der Waals surface area contributed by atoms with Gasteiger partial charge in [0.25, 0.3) is 0 Å². The van der Waals surface area contributed by atoms with Gasteiger partial charge < -0.3 is 15.5 Å². The predicted octanol–water partition coefficient (Wildman–Crippen LogP) is 5.90. The molecule has 8 heteroatoms. The smallest absolute Gasteiger partial charge is 0.214 e. The number of anilines is 1. The average Bonchev–Trinajstić information content (AvgIpc) is 3.44. The number of ketones is 1. The number of benzene rings is 3. The number of H-pyrrole nitrogens is 1. The van der Waals surface area contributed by atoms with E-state index in [1.165, 1.54) is 10.9 Å². The number of hydrogen-bond acceptors (Lipinski definition) is 5. The van der Waals surface area contributed by atoms with Crippen LogP contribution < -0.4 is 10.5 Å². The number of nitriles is 1. The van der Waals surface area contributed by atoms with Crippen LogP contribution in [0.5, 0.6) is 11.5 Å². The molecule has 0 atom stereocenters. The molecule has 3 aromatic carbocycles. The van der Waals surface area contributed by atoms with E-state index in [0.29, 0.717) is 28.3 Å². The summed E-state index contributed by atoms with van der Waals surface area (Å²) in [5.74, 6) is 1.06. The van der Waals surface area contributed by atoms with Crippen molar-refractivity contribution in [1.29, 1.82) is 5.26 Å². The van der Waals surface area contributed by atoms with Crippen LogP contribution in [0.4, 0.5) is 5.82 Å². The molecule has 0 aliphatic rings. The number of halogens is 1. The van der Waals surface area contributed by atoms with Crippen molar-refractivity contribution in [1.82, 2.24) is 14.8 Å². The Morgan fingerprint density at radius 2 is 1.97 bits per heavy atom. The molecule has 0 unspecified atom stereocenters. The maximum Gasteiger partial charge on any atom is 0.214 e. The number of ether oxygens (including phenoxy) is 1. The van der Waals surface area contributed by atoms with Crippen molar-refractivity contribution < 1.29 is 9.53 Å². The lowest BCUT2D eigenvalue weighted by Gasteiger charge is -2.12. The van der Waals surface area contributed by atoms with Gasteiger partial charge in [0.1, 0.15) is 23.4 Å². The molecule has 0 saturated heterocycles. The minimum atomic E-state index is -0.238. The van der Waals surface area contributed by atoms with Gasteiger partial charge in [-0.2, -0.15) is 10.4 Å². The lowest BCUT2D eigenvalue weighted by atomic mass is 10.1. The molecule has 2 heterocycles. The maximum absolute atomic E-state index is 13.2. The Labute approximate surface area is 203 Å². The van der Waals surface area contributed by atoms with Crippen molar-refractivity contribution in [2.75, 3.05) is 5.73 Å². The largest absolute Gasteiger partial charge is 0.456 e. The number of nitrogen functional groups attached to an aromatic ring is 1. The van der Waals surface area contributed by atoms with E-state index in [4.69, 9.17) is 10.5 Å². The van der Waals surface area contributed by atoms with Crippen molar-refractivity contribution in [3.63, 3.8) is 0 Å². The van der Waals surface area contributed by atoms with E-state index in [9.17, 15) is 10.1 Å². The molecule has 0 bridgehead atoms. The van der Waals surface area contributed by atoms with E-state index in [2.05, 4.69) is 32.1 Å². The predicted molar refractivity (Wildman–Crippen MR) is 133 cm³/mol. The number of aryl methyl sites for hydroxylation is 1. The van der Waals surface area contributed by atoms with Gasteiger partial charge in [-0.15, -0.1) is 0 Å². The van der Waals surface area contributed by atoms with Crippen LogP contribution in [0.3, 0.4) is 0 Å². The summed E-state index contributed by atoms with van der Waals surface area (Å²) in [6.45, 7) is 1.90. The van der Waals surface area contributed by atoms with Crippen molar-refractivity contribution in [3.8, 4) is 23.3 Å². The van der Waals surface area contributed by atoms with Crippen LogP contribution in [-0.2, 0) is 0 Å². The zero-order chi connectivity index (χ0) is 23.8. The highest BCUT2D eigenvalue weighted by Gasteiger charge is 2.21. The number of aromatic amines is 1. The standard InChI is InChI=1S/C26H18BrN5O2/c1-15-11-17(34-24-8-3-2-5-16(24)13-28)9-10-23(15)32-26(29)19(14-30-32)25(33)22-12-18-20(27)6-4-7-21(18)31-22/h2-12,14,31H,29H2,1H3. The molecule has 3 N–H and O–H groups in total. The summed E-state index contributed by atoms with van der Waals surface area (Å²) >= 11 is 3.51. The third-order valence-electron chi connectivity index (χ3n) is 5.54. The fraction of sp³-hybridized carbons (Fsp3) is 0.0385. The Balaban J connectivity index is 1.45. The number of hydrogen-bond donors (Lipinski definition) is 2. The lowest BCUT2D eigenvalue weighted by molar-refractivity contribution is 0.103. The molecule has 0 aliphatic heterocycles. The van der Waals surface area contributed by atoms with E-state index in [-0.39, 0.29) is 11.6 Å². The zero-order valence-corrected chi connectivity index (χ0v) is 19.6. The van der Waals surface area contributed by atoms with E-state index in [1.54, 1.807) is 30.3 Å². The van der Waals surface area contributed by atoms with Crippen molar-refractivity contribution in [2.24, 2.45) is 0 Å². The van der Waals surface area contributed by atoms with Crippen LogP contribution in [0.25, 0.3) is 16.6 Å². The summed E-state index contributed by atoms with van der Waals surface area (Å²) < 4.78 is 8.33. The number of aromatic nitrogens is 3. The fourth-order valence-electron chi connectivity index (χ4n) is 3.81. The summed E-state index contributed by atoms with van der Waals surface area (Å²) in [6.07, 6.45) is 1.48. The third kappa shape index (κ3) is 3.72. The number of para-hydroxylation sites is 1. The molecule has 0 aliphatic carbocycles. The van der Waals surface area contributed by atoms with E-state index in [0.717, 1.165) is 26.6 Å². The first-order valence-electron chi connectivity index (χ1n) is 10.4. The first kappa shape index (κ1) is 21.5. The molecular formula is C26H18BrN5O2. The fourth-order valence-corrected chi connectivity index (χ4v) is 4.30. The number of nitrogens with one attached hydrogen (secondary N) is 1. The quantitative estimate of drug-likeness (QED) is 0.285. The molecule has 5 aromatic rings. The molecule has 166 valence electrons. The van der Waals surface area contributed by atoms with Crippen LogP contribution in [0.2, 0.25) is 0 Å². The summed E-state index contributed by atoms with van der Waals surface area (Å²) in [7, 11) is 0. The van der Waals surface area contributed by atoms with Crippen LogP contribution in [-0.4, -0.2) is 20.5 Å². The van der Waals surface area contributed by atoms with Gasteiger partial charge in [-0.1, -0.05) is 34.1 Å². The van der Waals surface area contributed by atoms with Gasteiger partial charge in [0.05, 0.1) is 28.7 Å². The zero-order valence-electron chi connectivity index (χ0n) is 18.0. The third-order valence-corrected chi connectivity index (χ3v) is 6.23. The second-order valence-electron chi connectivity index (χ2n) is 7.73. The van der Waals surface area contributed by atoms with Gasteiger partial charge in [0.2, 0.25) is 5.78 Å². The number of nitrogens with zero attached hydrogens (tertiary/aromatic N) is 3. The van der Waals surface area contributed by atoms with E-state index in [1.807, 2.05) is 43.3 Å². The molecular weight excluding hydrogens is 494 g/mol. The van der Waals surface area contributed by atoms with Gasteiger partial charge in [-0.05, 0) is 61.0 Å². The Hall–Kier alpha value is -4.35. The second-order valence-corrected chi connectivity index (χ2v) is 8.58. The monoisotopic (exact) mass is 511 g/mol. The topological polar surface area (TPSA) is 110 Å². The first-order valence-corrected chi connectivity index (χ1v) is 11.2. The molecule has 34 heavy (non-hydrogen) atoms. The summed E-state index contributed by atoms with van der Waals surface area (Å²) in [5, 5.41) is 14.6. The molecule has 2 aromatic heterocycles. The van der Waals surface area contributed by atoms with Gasteiger partial charge in [0.15, 0.2) is 0 Å². The number of fused-ring (bicyclic) bond motifs is 1. The van der Waals surface area contributed by atoms with Crippen molar-refractivity contribution in [2.45, 2.75) is 6.92 Å². The molecule has 0 fully saturated rings. The van der Waals surface area contributed by atoms with E-state index < -0.39 is 0 Å². The Kier molecular flexibility index (Phi) is 5.40. The molecule has 0 amide bonds. The SMILES string of the molecule is Cc1cc(Oc2ccccc2C#N)ccc1-n1ncc(C(=O)c2cc3c(Br)cccc3[nH]2)c1N. The average molecular weight is 512 g/mol. The van der Waals surface area contributed by atoms with Gasteiger partial charge >= 0.3 is 0 Å². The van der Waals surface area contributed by atoms with Crippen LogP contribution in [0.1, 0.15) is 27.2 Å². The van der Waals surface area contributed by atoms with Crippen LogP contribution in [0, 0.1) is 18.3 Å². The van der Waals surface area contributed by atoms with Crippen molar-refractivity contribution >= 4 is 38.4 Å². The maximum atomic E-state index is 13.2. The number of carbonyl (C=O) groups is 1. The number of carbonyl (C=O) groups excluding carboxylic acids is 1. The highest BCUT2D eigenvalue weighted by Crippen LogP contribution is 2.30. The molecule has 7 nitrogen and oxygen atoms in total. The van der Waals surface area contributed by atoms with Crippen molar-refractivity contribution in [3.05, 3.63) is 99.8 Å². The van der Waals surface area contributed by atoms with Gasteiger partial charge in [-0.25, -0.2) is 4.68 Å². The summed E-state index contributed by atoms with van der Waals surface area (Å²) in [5.41, 5.74) is 9.97. The highest BCUT2D eigenvalue weighted by atomic mass is 79.9. The highest BCUT2D eigenvalue weighted by molar-refractivity contribution is 9.10. The van der Waals surface area contributed by atoms with E-state index >= 15 is 0 Å². The Morgan fingerprint density at radius 3 is 2.74 bits per heavy atom. The summed E-state index contributed by atoms with van der Waals surface area (Å²) in [6, 6.07) is 22.1. The molecule has 0 radical (unpaired) electrons.